The Hall–Kier alpha value is -1.50. The van der Waals surface area contributed by atoms with Crippen LogP contribution in [0.15, 0.2) is 10.8 Å². The van der Waals surface area contributed by atoms with E-state index in [4.69, 9.17) is 5.26 Å². The molecule has 0 atom stereocenters. The van der Waals surface area contributed by atoms with Gasteiger partial charge in [-0.3, -0.25) is 0 Å². The normalized spacial score (nSPS) is 8.80. The Balaban J connectivity index is 2.59. The molecule has 0 amide bonds. The van der Waals surface area contributed by atoms with Crippen LogP contribution in [0.25, 0.3) is 0 Å². The lowest BCUT2D eigenvalue weighted by atomic mass is 10.3. The van der Waals surface area contributed by atoms with Gasteiger partial charge in [0.05, 0.1) is 12.2 Å². The second-order valence-electron chi connectivity index (χ2n) is 1.89. The van der Waals surface area contributed by atoms with Gasteiger partial charge < -0.3 is 9.84 Å². The van der Waals surface area contributed by atoms with Gasteiger partial charge in [-0.15, -0.1) is 0 Å². The summed E-state index contributed by atoms with van der Waals surface area (Å²) in [4.78, 5) is 0. The van der Waals surface area contributed by atoms with Crippen LogP contribution in [0.4, 0.5) is 0 Å². The Kier molecular flexibility index (Phi) is 1.90. The summed E-state index contributed by atoms with van der Waals surface area (Å²) in [5, 5.41) is 14.3. The van der Waals surface area contributed by atoms with Gasteiger partial charge in [-0.25, -0.2) is 0 Å². The van der Waals surface area contributed by atoms with Crippen LogP contribution in [0.3, 0.4) is 0 Å². The summed E-state index contributed by atoms with van der Waals surface area (Å²) in [5.74, 6) is 0. The smallest absolute Gasteiger partial charge is 0.176 e. The summed E-state index contributed by atoms with van der Waals surface area (Å²) >= 11 is 0. The van der Waals surface area contributed by atoms with Gasteiger partial charge in [-0.05, 0) is 6.92 Å². The SMILES string of the molecule is Cc1nocc1CNC#N. The van der Waals surface area contributed by atoms with E-state index in [9.17, 15) is 0 Å². The second kappa shape index (κ2) is 2.87. The van der Waals surface area contributed by atoms with E-state index in [-0.39, 0.29) is 0 Å². The average Bonchev–Trinajstić information content (AvgIpc) is 2.31. The second-order valence-corrected chi connectivity index (χ2v) is 1.89. The summed E-state index contributed by atoms with van der Waals surface area (Å²) in [7, 11) is 0. The predicted octanol–water partition coefficient (Wildman–Crippen LogP) is 0.554. The predicted molar refractivity (Wildman–Crippen MR) is 33.7 cm³/mol. The van der Waals surface area contributed by atoms with E-state index in [2.05, 4.69) is 15.0 Å². The van der Waals surface area contributed by atoms with E-state index in [0.717, 1.165) is 11.3 Å². The van der Waals surface area contributed by atoms with Crippen molar-refractivity contribution in [3.05, 3.63) is 17.5 Å². The molecule has 0 aromatic carbocycles. The number of hydrogen-bond acceptors (Lipinski definition) is 4. The molecule has 0 saturated heterocycles. The van der Waals surface area contributed by atoms with Crippen molar-refractivity contribution < 1.29 is 4.52 Å². The van der Waals surface area contributed by atoms with Crippen LogP contribution in [-0.4, -0.2) is 5.16 Å². The first-order valence-electron chi connectivity index (χ1n) is 2.86. The maximum atomic E-state index is 8.14. The molecule has 4 nitrogen and oxygen atoms in total. The van der Waals surface area contributed by atoms with Gasteiger partial charge in [0.25, 0.3) is 0 Å². The van der Waals surface area contributed by atoms with Crippen molar-refractivity contribution in [1.29, 1.82) is 5.26 Å². The standard InChI is InChI=1S/C6H7N3O/c1-5-6(2-8-4-7)3-10-9-5/h3,8H,2H2,1H3. The summed E-state index contributed by atoms with van der Waals surface area (Å²) < 4.78 is 4.64. The molecule has 0 aliphatic carbocycles. The van der Waals surface area contributed by atoms with E-state index < -0.39 is 0 Å². The molecule has 4 heteroatoms. The number of hydrogen-bond donors (Lipinski definition) is 1. The molecule has 10 heavy (non-hydrogen) atoms. The fourth-order valence-corrected chi connectivity index (χ4v) is 0.617. The Morgan fingerprint density at radius 2 is 2.70 bits per heavy atom. The van der Waals surface area contributed by atoms with Gasteiger partial charge in [0.15, 0.2) is 6.19 Å². The van der Waals surface area contributed by atoms with Crippen molar-refractivity contribution >= 4 is 0 Å². The lowest BCUT2D eigenvalue weighted by Gasteiger charge is -1.90. The molecule has 0 aliphatic rings. The third-order valence-corrected chi connectivity index (χ3v) is 1.21. The van der Waals surface area contributed by atoms with Crippen LogP contribution < -0.4 is 5.32 Å². The number of aromatic nitrogens is 1. The fraction of sp³-hybridized carbons (Fsp3) is 0.333. The minimum absolute atomic E-state index is 0.492. The van der Waals surface area contributed by atoms with Crippen molar-refractivity contribution in [3.63, 3.8) is 0 Å². The molecule has 1 N–H and O–H groups in total. The minimum atomic E-state index is 0.492. The molecular weight excluding hydrogens is 130 g/mol. The molecule has 1 aromatic heterocycles. The van der Waals surface area contributed by atoms with Gasteiger partial charge in [0, 0.05) is 5.56 Å². The summed E-state index contributed by atoms with van der Waals surface area (Å²) in [5.41, 5.74) is 1.74. The largest absolute Gasteiger partial charge is 0.364 e. The zero-order chi connectivity index (χ0) is 7.40. The molecule has 0 saturated carbocycles. The minimum Gasteiger partial charge on any atom is -0.364 e. The van der Waals surface area contributed by atoms with Gasteiger partial charge in [-0.1, -0.05) is 5.16 Å². The number of rotatable bonds is 2. The zero-order valence-electron chi connectivity index (χ0n) is 5.59. The quantitative estimate of drug-likeness (QED) is 0.477. The molecule has 52 valence electrons. The molecule has 0 aliphatic heterocycles. The van der Waals surface area contributed by atoms with Crippen molar-refractivity contribution in [1.82, 2.24) is 10.5 Å². The molecule has 1 aromatic rings. The summed E-state index contributed by atoms with van der Waals surface area (Å²) in [6, 6.07) is 0. The van der Waals surface area contributed by atoms with Crippen LogP contribution in [0.5, 0.6) is 0 Å². The first-order valence-corrected chi connectivity index (χ1v) is 2.86. The third kappa shape index (κ3) is 1.26. The highest BCUT2D eigenvalue weighted by Crippen LogP contribution is 2.02. The number of nitrogens with zero attached hydrogens (tertiary/aromatic N) is 2. The Morgan fingerprint density at radius 1 is 1.90 bits per heavy atom. The van der Waals surface area contributed by atoms with E-state index in [1.807, 2.05) is 13.1 Å². The van der Waals surface area contributed by atoms with Gasteiger partial charge in [-0.2, -0.15) is 5.26 Å². The molecular formula is C6H7N3O. The van der Waals surface area contributed by atoms with Gasteiger partial charge in [0.1, 0.15) is 6.26 Å². The highest BCUT2D eigenvalue weighted by Gasteiger charge is 1.99. The highest BCUT2D eigenvalue weighted by atomic mass is 16.5. The van der Waals surface area contributed by atoms with Gasteiger partial charge >= 0.3 is 0 Å². The lowest BCUT2D eigenvalue weighted by molar-refractivity contribution is 0.414. The van der Waals surface area contributed by atoms with Crippen LogP contribution in [-0.2, 0) is 6.54 Å². The molecule has 0 unspecified atom stereocenters. The fourth-order valence-electron chi connectivity index (χ4n) is 0.617. The molecule has 0 fully saturated rings. The van der Waals surface area contributed by atoms with Crippen molar-refractivity contribution in [2.24, 2.45) is 0 Å². The Morgan fingerprint density at radius 3 is 3.20 bits per heavy atom. The van der Waals surface area contributed by atoms with E-state index in [1.54, 1.807) is 0 Å². The lowest BCUT2D eigenvalue weighted by Crippen LogP contribution is -2.04. The van der Waals surface area contributed by atoms with Crippen molar-refractivity contribution in [2.75, 3.05) is 0 Å². The monoisotopic (exact) mass is 137 g/mol. The Bertz CT molecular complexity index is 248. The van der Waals surface area contributed by atoms with Crippen LogP contribution in [0.1, 0.15) is 11.3 Å². The number of aryl methyl sites for hydroxylation is 1. The highest BCUT2D eigenvalue weighted by molar-refractivity contribution is 5.12. The maximum absolute atomic E-state index is 8.14. The maximum Gasteiger partial charge on any atom is 0.176 e. The summed E-state index contributed by atoms with van der Waals surface area (Å²) in [6.07, 6.45) is 3.34. The first-order chi connectivity index (χ1) is 4.84. The average molecular weight is 137 g/mol. The third-order valence-electron chi connectivity index (χ3n) is 1.21. The topological polar surface area (TPSA) is 61.9 Å². The van der Waals surface area contributed by atoms with Crippen LogP contribution in [0.2, 0.25) is 0 Å². The van der Waals surface area contributed by atoms with Crippen molar-refractivity contribution in [2.45, 2.75) is 13.5 Å². The van der Waals surface area contributed by atoms with Crippen LogP contribution >= 0.6 is 0 Å². The molecule has 1 rings (SSSR count). The van der Waals surface area contributed by atoms with E-state index in [0.29, 0.717) is 6.54 Å². The van der Waals surface area contributed by atoms with Crippen molar-refractivity contribution in [3.8, 4) is 6.19 Å². The van der Waals surface area contributed by atoms with E-state index in [1.165, 1.54) is 6.26 Å². The zero-order valence-corrected chi connectivity index (χ0v) is 5.59. The van der Waals surface area contributed by atoms with Crippen LogP contribution in [0, 0.1) is 18.4 Å². The van der Waals surface area contributed by atoms with Gasteiger partial charge in [0.2, 0.25) is 0 Å². The summed E-state index contributed by atoms with van der Waals surface area (Å²) in [6.45, 7) is 2.32. The molecule has 0 bridgehead atoms. The molecule has 0 radical (unpaired) electrons. The van der Waals surface area contributed by atoms with E-state index >= 15 is 0 Å². The molecule has 1 heterocycles. The molecule has 0 spiro atoms. The number of nitriles is 1. The number of nitrogens with one attached hydrogen (secondary N) is 1. The Labute approximate surface area is 58.4 Å². The first kappa shape index (κ1) is 6.62.